The van der Waals surface area contributed by atoms with Crippen molar-refractivity contribution >= 4 is 57.2 Å². The second-order valence-electron chi connectivity index (χ2n) is 11.2. The van der Waals surface area contributed by atoms with E-state index in [1.165, 1.54) is 48.5 Å². The molecule has 1 heterocycles. The van der Waals surface area contributed by atoms with Gasteiger partial charge in [0.2, 0.25) is 0 Å². The summed E-state index contributed by atoms with van der Waals surface area (Å²) in [6.45, 7) is 0. The van der Waals surface area contributed by atoms with E-state index in [2.05, 4.69) is 20.5 Å². The Balaban J connectivity index is 1.20. The van der Waals surface area contributed by atoms with Crippen LogP contribution in [0.2, 0.25) is 0 Å². The first kappa shape index (κ1) is 32.8. The zero-order valence-corrected chi connectivity index (χ0v) is 27.1. The van der Waals surface area contributed by atoms with Crippen molar-refractivity contribution in [3.8, 4) is 0 Å². The summed E-state index contributed by atoms with van der Waals surface area (Å²) in [5.41, 5.74) is 5.22. The van der Waals surface area contributed by atoms with E-state index < -0.39 is 9.85 Å². The van der Waals surface area contributed by atoms with Crippen LogP contribution < -0.4 is 10.0 Å². The molecule has 7 rings (SSSR count). The Morgan fingerprint density at radius 3 is 0.981 bits per heavy atom. The Kier molecular flexibility index (Phi) is 9.33. The molecule has 0 atom stereocenters. The van der Waals surface area contributed by atoms with Crippen LogP contribution >= 0.6 is 0 Å². The molecular formula is C38H26N10O4. The van der Waals surface area contributed by atoms with Crippen LogP contribution in [0.1, 0.15) is 11.1 Å². The number of rotatable bonds is 10. The summed E-state index contributed by atoms with van der Waals surface area (Å²) in [6, 6.07) is 45.8. The van der Waals surface area contributed by atoms with E-state index in [4.69, 9.17) is 10.2 Å². The van der Waals surface area contributed by atoms with Crippen LogP contribution in [0.15, 0.2) is 188 Å². The van der Waals surface area contributed by atoms with Gasteiger partial charge in [0.05, 0.1) is 44.0 Å². The number of amidine groups is 2. The minimum absolute atomic E-state index is 0.0185. The Hall–Kier alpha value is -7.74. The van der Waals surface area contributed by atoms with Crippen LogP contribution in [0.4, 0.5) is 45.5 Å². The standard InChI is InChI=1S/C38H26N10O4/c49-47(50)35-23-15-31(16-24-35)41-39-29-11-19-33(20-12-29)45-37(27-7-3-1-4-8-27)43-46(38(44-45)28-9-5-2-6-10-28)34-21-13-30(14-22-34)40-42-32-17-25-36(26-18-32)48(51)52/h1-26H. The first-order valence-corrected chi connectivity index (χ1v) is 15.8. The number of hydrogen-bond donors (Lipinski definition) is 0. The number of azo groups is 2. The summed E-state index contributed by atoms with van der Waals surface area (Å²) in [5, 5.41) is 52.8. The Labute approximate surface area is 296 Å². The lowest BCUT2D eigenvalue weighted by atomic mass is 10.1. The summed E-state index contributed by atoms with van der Waals surface area (Å²) in [5.74, 6) is 1.14. The second kappa shape index (κ2) is 14.8. The number of non-ortho nitro benzene ring substituents is 2. The lowest BCUT2D eigenvalue weighted by molar-refractivity contribution is -0.385. The molecule has 52 heavy (non-hydrogen) atoms. The third-order valence-corrected chi connectivity index (χ3v) is 7.73. The summed E-state index contributed by atoms with van der Waals surface area (Å²) in [4.78, 5) is 21.0. The molecule has 0 unspecified atom stereocenters. The molecule has 0 fully saturated rings. The minimum Gasteiger partial charge on any atom is -0.258 e. The number of hydrazone groups is 2. The highest BCUT2D eigenvalue weighted by molar-refractivity contribution is 6.19. The molecule has 0 saturated heterocycles. The van der Waals surface area contributed by atoms with Crippen molar-refractivity contribution in [1.82, 2.24) is 0 Å². The largest absolute Gasteiger partial charge is 0.269 e. The van der Waals surface area contributed by atoms with E-state index in [-0.39, 0.29) is 11.4 Å². The van der Waals surface area contributed by atoms with Gasteiger partial charge in [-0.2, -0.15) is 20.5 Å². The van der Waals surface area contributed by atoms with E-state index in [1.807, 2.05) is 84.9 Å². The molecule has 0 N–H and O–H groups in total. The van der Waals surface area contributed by atoms with Crippen molar-refractivity contribution in [3.63, 3.8) is 0 Å². The van der Waals surface area contributed by atoms with Gasteiger partial charge in [-0.15, -0.1) is 10.2 Å². The average Bonchev–Trinajstić information content (AvgIpc) is 3.20. The van der Waals surface area contributed by atoms with E-state index >= 15 is 0 Å². The molecule has 1 aliphatic rings. The van der Waals surface area contributed by atoms with Gasteiger partial charge in [-0.1, -0.05) is 60.7 Å². The summed E-state index contributed by atoms with van der Waals surface area (Å²) in [7, 11) is 0. The number of nitro benzene ring substituents is 2. The molecule has 0 saturated carbocycles. The Bertz CT molecular complexity index is 2160. The van der Waals surface area contributed by atoms with E-state index in [9.17, 15) is 20.2 Å². The number of nitro groups is 2. The lowest BCUT2D eigenvalue weighted by Crippen LogP contribution is -2.41. The van der Waals surface area contributed by atoms with Crippen LogP contribution in [0.25, 0.3) is 0 Å². The van der Waals surface area contributed by atoms with Crippen molar-refractivity contribution in [2.45, 2.75) is 0 Å². The number of nitrogens with zero attached hydrogens (tertiary/aromatic N) is 10. The van der Waals surface area contributed by atoms with Gasteiger partial charge >= 0.3 is 0 Å². The van der Waals surface area contributed by atoms with Crippen molar-refractivity contribution in [3.05, 3.63) is 189 Å². The molecule has 0 aromatic heterocycles. The van der Waals surface area contributed by atoms with Crippen molar-refractivity contribution in [1.29, 1.82) is 0 Å². The van der Waals surface area contributed by atoms with Gasteiger partial charge in [-0.05, 0) is 72.8 Å². The molecule has 1 aliphatic heterocycles. The minimum atomic E-state index is -0.463. The molecule has 6 aromatic carbocycles. The second-order valence-corrected chi connectivity index (χ2v) is 11.2. The van der Waals surface area contributed by atoms with Gasteiger partial charge in [0.1, 0.15) is 0 Å². The van der Waals surface area contributed by atoms with Crippen LogP contribution in [0.5, 0.6) is 0 Å². The molecule has 0 aliphatic carbocycles. The highest BCUT2D eigenvalue weighted by Crippen LogP contribution is 2.31. The molecule has 0 spiro atoms. The van der Waals surface area contributed by atoms with E-state index in [1.54, 1.807) is 34.3 Å². The molecule has 0 amide bonds. The molecule has 6 aromatic rings. The zero-order chi connectivity index (χ0) is 35.9. The van der Waals surface area contributed by atoms with Gasteiger partial charge in [-0.3, -0.25) is 20.2 Å². The van der Waals surface area contributed by atoms with Crippen LogP contribution in [-0.2, 0) is 0 Å². The van der Waals surface area contributed by atoms with Gasteiger partial charge in [0.15, 0.2) is 11.7 Å². The third-order valence-electron chi connectivity index (χ3n) is 7.73. The predicted molar refractivity (Wildman–Crippen MR) is 198 cm³/mol. The van der Waals surface area contributed by atoms with Crippen molar-refractivity contribution < 1.29 is 9.85 Å². The molecular weight excluding hydrogens is 660 g/mol. The molecule has 14 heteroatoms. The number of anilines is 2. The highest BCUT2D eigenvalue weighted by atomic mass is 16.6. The maximum Gasteiger partial charge on any atom is 0.269 e. The zero-order valence-electron chi connectivity index (χ0n) is 27.1. The fourth-order valence-corrected chi connectivity index (χ4v) is 5.10. The molecule has 0 bridgehead atoms. The first-order valence-electron chi connectivity index (χ1n) is 15.8. The molecule has 0 radical (unpaired) electrons. The maximum atomic E-state index is 11.0. The number of hydrogen-bond acceptors (Lipinski definition) is 12. The fourth-order valence-electron chi connectivity index (χ4n) is 5.10. The topological polar surface area (TPSA) is 167 Å². The Morgan fingerprint density at radius 2 is 0.692 bits per heavy atom. The monoisotopic (exact) mass is 686 g/mol. The predicted octanol–water partition coefficient (Wildman–Crippen LogP) is 10.4. The number of benzene rings is 6. The van der Waals surface area contributed by atoms with Gasteiger partial charge in [0.25, 0.3) is 11.4 Å². The summed E-state index contributed by atoms with van der Waals surface area (Å²) >= 11 is 0. The highest BCUT2D eigenvalue weighted by Gasteiger charge is 2.28. The van der Waals surface area contributed by atoms with E-state index in [0.717, 1.165) is 22.5 Å². The Morgan fingerprint density at radius 1 is 0.404 bits per heavy atom. The van der Waals surface area contributed by atoms with Crippen molar-refractivity contribution in [2.24, 2.45) is 30.7 Å². The maximum absolute atomic E-state index is 11.0. The van der Waals surface area contributed by atoms with Gasteiger partial charge in [0, 0.05) is 35.4 Å². The average molecular weight is 687 g/mol. The SMILES string of the molecule is O=[N+]([O-])c1ccc(N=Nc2ccc(N3N=C(c4ccccc4)N(c4ccc(N=Nc5ccc([N+](=O)[O-])cc5)cc4)N=C3c3ccccc3)cc2)cc1. The lowest BCUT2D eigenvalue weighted by Gasteiger charge is -2.32. The first-order chi connectivity index (χ1) is 25.4. The normalized spacial score (nSPS) is 12.9. The van der Waals surface area contributed by atoms with Gasteiger partial charge < -0.3 is 0 Å². The summed E-state index contributed by atoms with van der Waals surface area (Å²) < 4.78 is 0. The third kappa shape index (κ3) is 7.45. The van der Waals surface area contributed by atoms with Crippen molar-refractivity contribution in [2.75, 3.05) is 10.0 Å². The van der Waals surface area contributed by atoms with E-state index in [0.29, 0.717) is 34.4 Å². The van der Waals surface area contributed by atoms with Crippen LogP contribution in [-0.4, -0.2) is 21.5 Å². The van der Waals surface area contributed by atoms with Crippen LogP contribution in [0, 0.1) is 20.2 Å². The van der Waals surface area contributed by atoms with Crippen LogP contribution in [0.3, 0.4) is 0 Å². The summed E-state index contributed by atoms with van der Waals surface area (Å²) in [6.07, 6.45) is 0. The molecule has 252 valence electrons. The van der Waals surface area contributed by atoms with Gasteiger partial charge in [-0.25, -0.2) is 10.0 Å². The smallest absolute Gasteiger partial charge is 0.258 e. The fraction of sp³-hybridized carbons (Fsp3) is 0. The quantitative estimate of drug-likeness (QED) is 0.0789. The molecule has 14 nitrogen and oxygen atoms in total.